The highest BCUT2D eigenvalue weighted by Crippen LogP contribution is 1.98. The van der Waals surface area contributed by atoms with Gasteiger partial charge in [-0.1, -0.05) is 30.3 Å². The summed E-state index contributed by atoms with van der Waals surface area (Å²) in [6, 6.07) is 10.0. The van der Waals surface area contributed by atoms with E-state index in [0.717, 1.165) is 31.5 Å². The molecule has 1 aromatic rings. The number of halogens is 1. The Morgan fingerprint density at radius 2 is 1.89 bits per heavy atom. The molecule has 1 saturated heterocycles. The molecule has 0 bridgehead atoms. The van der Waals surface area contributed by atoms with E-state index in [-0.39, 0.29) is 12.4 Å². The summed E-state index contributed by atoms with van der Waals surface area (Å²) in [5, 5.41) is 3.24. The molecule has 2 rings (SSSR count). The number of nitrogens with two attached hydrogens (primary N) is 1. The lowest BCUT2D eigenvalue weighted by molar-refractivity contribution is -0.129. The van der Waals surface area contributed by atoms with Gasteiger partial charge in [0.25, 0.3) is 6.47 Å². The lowest BCUT2D eigenvalue weighted by Gasteiger charge is -2.17. The molecule has 0 saturated carbocycles. The number of piperidine rings is 1. The van der Waals surface area contributed by atoms with E-state index in [2.05, 4.69) is 10.1 Å². The molecule has 1 aliphatic rings. The molecule has 1 aliphatic heterocycles. The molecule has 0 unspecified atom stereocenters. The van der Waals surface area contributed by atoms with E-state index in [9.17, 15) is 4.79 Å². The van der Waals surface area contributed by atoms with E-state index in [1.807, 2.05) is 30.3 Å². The third-order valence-electron chi connectivity index (χ3n) is 2.54. The number of rotatable bonds is 3. The normalized spacial score (nSPS) is 14.7. The van der Waals surface area contributed by atoms with Crippen molar-refractivity contribution in [3.63, 3.8) is 0 Å². The van der Waals surface area contributed by atoms with Gasteiger partial charge in [-0.3, -0.25) is 4.79 Å². The van der Waals surface area contributed by atoms with Crippen LogP contribution in [-0.2, 0) is 16.1 Å². The van der Waals surface area contributed by atoms with E-state index in [0.29, 0.717) is 19.1 Å². The Morgan fingerprint density at radius 3 is 2.33 bits per heavy atom. The highest BCUT2D eigenvalue weighted by molar-refractivity contribution is 5.85. The molecule has 4 nitrogen and oxygen atoms in total. The second kappa shape index (κ2) is 11.0. The summed E-state index contributed by atoms with van der Waals surface area (Å²) in [5.74, 6) is 0. The summed E-state index contributed by atoms with van der Waals surface area (Å²) in [6.07, 6.45) is 2.31. The second-order valence-electron chi connectivity index (χ2n) is 3.98. The Labute approximate surface area is 114 Å². The smallest absolute Gasteiger partial charge is 0.293 e. The van der Waals surface area contributed by atoms with Crippen molar-refractivity contribution in [3.05, 3.63) is 35.9 Å². The van der Waals surface area contributed by atoms with Gasteiger partial charge in [0.2, 0.25) is 0 Å². The molecule has 0 aromatic heterocycles. The van der Waals surface area contributed by atoms with E-state index in [1.165, 1.54) is 0 Å². The minimum atomic E-state index is 0. The van der Waals surface area contributed by atoms with Crippen LogP contribution in [0.25, 0.3) is 0 Å². The summed E-state index contributed by atoms with van der Waals surface area (Å²) in [7, 11) is 0. The third kappa shape index (κ3) is 8.06. The average Bonchev–Trinajstić information content (AvgIpc) is 2.39. The first-order valence-corrected chi connectivity index (χ1v) is 5.88. The molecule has 0 spiro atoms. The largest absolute Gasteiger partial charge is 0.463 e. The highest BCUT2D eigenvalue weighted by Gasteiger charge is 2.05. The molecule has 1 aromatic carbocycles. The maximum atomic E-state index is 9.76. The van der Waals surface area contributed by atoms with Crippen molar-refractivity contribution < 1.29 is 9.53 Å². The standard InChI is InChI=1S/C8H8O2.C5H12N2.ClH/c9-7-10-6-8-4-2-1-3-5-8;6-5-1-3-7-4-2-5;/h1-5,7H,6H2;5,7H,1-4,6H2;1H. The minimum Gasteiger partial charge on any atom is -0.463 e. The Morgan fingerprint density at radius 1 is 1.28 bits per heavy atom. The fourth-order valence-electron chi connectivity index (χ4n) is 1.55. The van der Waals surface area contributed by atoms with E-state index in [1.54, 1.807) is 0 Å². The number of nitrogens with one attached hydrogen (secondary N) is 1. The van der Waals surface area contributed by atoms with Crippen LogP contribution in [0.1, 0.15) is 18.4 Å². The van der Waals surface area contributed by atoms with Crippen LogP contribution in [0.4, 0.5) is 0 Å². The molecular weight excluding hydrogens is 252 g/mol. The Kier molecular flexibility index (Phi) is 10.3. The Hall–Kier alpha value is -1.10. The molecule has 1 heterocycles. The van der Waals surface area contributed by atoms with Gasteiger partial charge < -0.3 is 15.8 Å². The maximum absolute atomic E-state index is 9.76. The monoisotopic (exact) mass is 272 g/mol. The molecular formula is C13H21ClN2O2. The molecule has 3 N–H and O–H groups in total. The number of hydrogen-bond donors (Lipinski definition) is 2. The molecule has 18 heavy (non-hydrogen) atoms. The molecule has 0 atom stereocenters. The summed E-state index contributed by atoms with van der Waals surface area (Å²) in [6.45, 7) is 3.04. The predicted octanol–water partition coefficient (Wildman–Crippen LogP) is 1.48. The Balaban J connectivity index is 0.000000321. The van der Waals surface area contributed by atoms with Crippen molar-refractivity contribution in [2.45, 2.75) is 25.5 Å². The van der Waals surface area contributed by atoms with Crippen LogP contribution in [-0.4, -0.2) is 25.6 Å². The van der Waals surface area contributed by atoms with Gasteiger partial charge in [0.1, 0.15) is 6.61 Å². The van der Waals surface area contributed by atoms with Crippen molar-refractivity contribution in [3.8, 4) is 0 Å². The molecule has 0 aliphatic carbocycles. The maximum Gasteiger partial charge on any atom is 0.293 e. The van der Waals surface area contributed by atoms with Gasteiger partial charge in [0.15, 0.2) is 0 Å². The topological polar surface area (TPSA) is 64.3 Å². The van der Waals surface area contributed by atoms with Crippen LogP contribution in [0.3, 0.4) is 0 Å². The average molecular weight is 273 g/mol. The fourth-order valence-corrected chi connectivity index (χ4v) is 1.55. The van der Waals surface area contributed by atoms with Gasteiger partial charge >= 0.3 is 0 Å². The van der Waals surface area contributed by atoms with Crippen LogP contribution >= 0.6 is 12.4 Å². The first kappa shape index (κ1) is 16.9. The molecule has 0 radical (unpaired) electrons. The summed E-state index contributed by atoms with van der Waals surface area (Å²) < 4.78 is 4.54. The van der Waals surface area contributed by atoms with Gasteiger partial charge in [-0.05, 0) is 31.5 Å². The zero-order valence-electron chi connectivity index (χ0n) is 10.4. The van der Waals surface area contributed by atoms with Crippen LogP contribution in [0, 0.1) is 0 Å². The quantitative estimate of drug-likeness (QED) is 0.818. The fraction of sp³-hybridized carbons (Fsp3) is 0.462. The number of carbonyl (C=O) groups is 1. The van der Waals surface area contributed by atoms with E-state index < -0.39 is 0 Å². The predicted molar refractivity (Wildman–Crippen MR) is 74.6 cm³/mol. The van der Waals surface area contributed by atoms with Gasteiger partial charge in [-0.25, -0.2) is 0 Å². The zero-order chi connectivity index (χ0) is 12.3. The lowest BCUT2D eigenvalue weighted by atomic mass is 10.1. The van der Waals surface area contributed by atoms with E-state index in [4.69, 9.17) is 5.73 Å². The van der Waals surface area contributed by atoms with Crippen molar-refractivity contribution >= 4 is 18.9 Å². The summed E-state index contributed by atoms with van der Waals surface area (Å²) >= 11 is 0. The van der Waals surface area contributed by atoms with Crippen molar-refractivity contribution in [1.82, 2.24) is 5.32 Å². The highest BCUT2D eigenvalue weighted by atomic mass is 35.5. The molecule has 1 fully saturated rings. The molecule has 0 amide bonds. The van der Waals surface area contributed by atoms with Crippen molar-refractivity contribution in [2.75, 3.05) is 13.1 Å². The lowest BCUT2D eigenvalue weighted by Crippen LogP contribution is -2.35. The SMILES string of the molecule is Cl.NC1CCNCC1.O=COCc1ccccc1. The van der Waals surface area contributed by atoms with Gasteiger partial charge in [0, 0.05) is 6.04 Å². The number of hydrogen-bond acceptors (Lipinski definition) is 4. The van der Waals surface area contributed by atoms with Gasteiger partial charge in [-0.2, -0.15) is 0 Å². The molecule has 102 valence electrons. The first-order valence-electron chi connectivity index (χ1n) is 5.88. The van der Waals surface area contributed by atoms with E-state index >= 15 is 0 Å². The summed E-state index contributed by atoms with van der Waals surface area (Å²) in [5.41, 5.74) is 6.60. The minimum absolute atomic E-state index is 0. The second-order valence-corrected chi connectivity index (χ2v) is 3.98. The summed E-state index contributed by atoms with van der Waals surface area (Å²) in [4.78, 5) is 9.76. The third-order valence-corrected chi connectivity index (χ3v) is 2.54. The molecule has 5 heteroatoms. The van der Waals surface area contributed by atoms with Crippen molar-refractivity contribution in [2.24, 2.45) is 5.73 Å². The Bertz CT molecular complexity index is 303. The number of benzene rings is 1. The zero-order valence-corrected chi connectivity index (χ0v) is 11.2. The van der Waals surface area contributed by atoms with Crippen LogP contribution < -0.4 is 11.1 Å². The van der Waals surface area contributed by atoms with Crippen LogP contribution in [0.2, 0.25) is 0 Å². The number of ether oxygens (including phenoxy) is 1. The van der Waals surface area contributed by atoms with Crippen LogP contribution in [0.15, 0.2) is 30.3 Å². The number of carbonyl (C=O) groups excluding carboxylic acids is 1. The van der Waals surface area contributed by atoms with Crippen molar-refractivity contribution in [1.29, 1.82) is 0 Å². The van der Waals surface area contributed by atoms with Gasteiger partial charge in [0.05, 0.1) is 0 Å². The van der Waals surface area contributed by atoms with Crippen LogP contribution in [0.5, 0.6) is 0 Å². The first-order chi connectivity index (χ1) is 8.33. The van der Waals surface area contributed by atoms with Gasteiger partial charge in [-0.15, -0.1) is 12.4 Å².